The van der Waals surface area contributed by atoms with Crippen molar-refractivity contribution < 1.29 is 14.1 Å². The quantitative estimate of drug-likeness (QED) is 0.137. The molecule has 0 aliphatic carbocycles. The highest BCUT2D eigenvalue weighted by Crippen LogP contribution is 2.28. The summed E-state index contributed by atoms with van der Waals surface area (Å²) in [4.78, 5) is 12.7. The largest absolute Gasteiger partial charge is 0.492 e. The molecule has 0 saturated carbocycles. The molecule has 2 aromatic rings. The minimum absolute atomic E-state index is 0.0933. The third-order valence-electron chi connectivity index (χ3n) is 7.07. The first kappa shape index (κ1) is 31.1. The van der Waals surface area contributed by atoms with Crippen LogP contribution in [0.3, 0.4) is 0 Å². The molecule has 4 nitrogen and oxygen atoms in total. The Balaban J connectivity index is 1.57. The predicted octanol–water partition coefficient (Wildman–Crippen LogP) is 9.00. The van der Waals surface area contributed by atoms with Crippen molar-refractivity contribution in [3.63, 3.8) is 0 Å². The molecule has 206 valence electrons. The number of nitrogens with zero attached hydrogens (tertiary/aromatic N) is 1. The number of aromatic nitrogens is 1. The van der Waals surface area contributed by atoms with Gasteiger partial charge < -0.3 is 10.1 Å². The second-order valence-corrected chi connectivity index (χ2v) is 10.6. The van der Waals surface area contributed by atoms with E-state index in [2.05, 4.69) is 12.2 Å². The van der Waals surface area contributed by atoms with Crippen LogP contribution in [-0.2, 0) is 6.54 Å². The van der Waals surface area contributed by atoms with E-state index in [1.807, 2.05) is 61.0 Å². The Kier molecular flexibility index (Phi) is 16.1. The van der Waals surface area contributed by atoms with Crippen LogP contribution in [0.5, 0.6) is 5.75 Å². The van der Waals surface area contributed by atoms with Gasteiger partial charge in [-0.2, -0.15) is 4.57 Å². The van der Waals surface area contributed by atoms with E-state index < -0.39 is 0 Å². The van der Waals surface area contributed by atoms with Crippen molar-refractivity contribution >= 4 is 17.5 Å². The Morgan fingerprint density at radius 1 is 0.865 bits per heavy atom. The van der Waals surface area contributed by atoms with Gasteiger partial charge in [-0.1, -0.05) is 108 Å². The molecule has 0 bridgehead atoms. The van der Waals surface area contributed by atoms with Crippen LogP contribution in [0.1, 0.15) is 133 Å². The molecular weight excluding hydrogens is 480 g/mol. The Morgan fingerprint density at radius 3 is 2.03 bits per heavy atom. The SMILES string of the molecule is CCCCCCCCCCCCCCCCOc1ccc(C(C)NC(=O)c2cccc[n+]2CC)cc1Cl. The van der Waals surface area contributed by atoms with Gasteiger partial charge in [0.25, 0.3) is 5.69 Å². The first-order valence-corrected chi connectivity index (χ1v) is 15.2. The summed E-state index contributed by atoms with van der Waals surface area (Å²) < 4.78 is 7.87. The zero-order valence-electron chi connectivity index (χ0n) is 23.6. The predicted molar refractivity (Wildman–Crippen MR) is 155 cm³/mol. The van der Waals surface area contributed by atoms with Gasteiger partial charge >= 0.3 is 5.91 Å². The number of hydrogen-bond donors (Lipinski definition) is 1. The summed E-state index contributed by atoms with van der Waals surface area (Å²) in [6.45, 7) is 7.71. The molecule has 37 heavy (non-hydrogen) atoms. The van der Waals surface area contributed by atoms with Crippen LogP contribution in [0.4, 0.5) is 0 Å². The van der Waals surface area contributed by atoms with E-state index in [0.717, 1.165) is 18.5 Å². The highest BCUT2D eigenvalue weighted by atomic mass is 35.5. The molecule has 5 heteroatoms. The molecule has 1 heterocycles. The Morgan fingerprint density at radius 2 is 1.46 bits per heavy atom. The number of ether oxygens (including phenoxy) is 1. The maximum Gasteiger partial charge on any atom is 0.316 e. The van der Waals surface area contributed by atoms with Crippen LogP contribution >= 0.6 is 11.6 Å². The van der Waals surface area contributed by atoms with Gasteiger partial charge in [-0.3, -0.25) is 4.79 Å². The normalized spacial score (nSPS) is 11.9. The Labute approximate surface area is 231 Å². The number of rotatable bonds is 20. The maximum absolute atomic E-state index is 12.7. The number of nitrogens with one attached hydrogen (secondary N) is 1. The summed E-state index contributed by atoms with van der Waals surface area (Å²) in [7, 11) is 0. The van der Waals surface area contributed by atoms with Crippen molar-refractivity contribution in [2.24, 2.45) is 0 Å². The summed E-state index contributed by atoms with van der Waals surface area (Å²) in [5.74, 6) is 0.620. The first-order valence-electron chi connectivity index (χ1n) is 14.8. The van der Waals surface area contributed by atoms with Gasteiger partial charge in [-0.15, -0.1) is 0 Å². The van der Waals surface area contributed by atoms with Gasteiger partial charge in [0, 0.05) is 12.1 Å². The van der Waals surface area contributed by atoms with Gasteiger partial charge in [0.1, 0.15) is 12.3 Å². The lowest BCUT2D eigenvalue weighted by Gasteiger charge is -2.15. The molecule has 0 radical (unpaired) electrons. The first-order chi connectivity index (χ1) is 18.1. The number of aryl methyl sites for hydroxylation is 1. The summed E-state index contributed by atoms with van der Waals surface area (Å²) >= 11 is 6.50. The van der Waals surface area contributed by atoms with E-state index in [0.29, 0.717) is 23.1 Å². The average molecular weight is 530 g/mol. The minimum atomic E-state index is -0.157. The lowest BCUT2D eigenvalue weighted by molar-refractivity contribution is -0.695. The zero-order valence-corrected chi connectivity index (χ0v) is 24.3. The summed E-state index contributed by atoms with van der Waals surface area (Å²) in [5, 5.41) is 3.66. The van der Waals surface area contributed by atoms with E-state index in [9.17, 15) is 4.79 Å². The van der Waals surface area contributed by atoms with Crippen molar-refractivity contribution in [1.82, 2.24) is 5.32 Å². The smallest absolute Gasteiger partial charge is 0.316 e. The van der Waals surface area contributed by atoms with E-state index in [1.165, 1.54) is 83.5 Å². The number of carbonyl (C=O) groups is 1. The van der Waals surface area contributed by atoms with E-state index in [-0.39, 0.29) is 11.9 Å². The van der Waals surface area contributed by atoms with Crippen LogP contribution in [0.25, 0.3) is 0 Å². The molecule has 1 unspecified atom stereocenters. The molecule has 1 amide bonds. The fourth-order valence-corrected chi connectivity index (χ4v) is 4.94. The van der Waals surface area contributed by atoms with Gasteiger partial charge in [-0.05, 0) is 44.0 Å². The Bertz CT molecular complexity index is 902. The topological polar surface area (TPSA) is 42.2 Å². The van der Waals surface area contributed by atoms with E-state index in [1.54, 1.807) is 0 Å². The second kappa shape index (κ2) is 19.1. The van der Waals surface area contributed by atoms with Crippen molar-refractivity contribution in [1.29, 1.82) is 0 Å². The maximum atomic E-state index is 12.7. The van der Waals surface area contributed by atoms with Crippen molar-refractivity contribution in [2.45, 2.75) is 123 Å². The van der Waals surface area contributed by atoms with Crippen LogP contribution in [0.2, 0.25) is 5.02 Å². The van der Waals surface area contributed by atoms with Gasteiger partial charge in [0.2, 0.25) is 0 Å². The highest BCUT2D eigenvalue weighted by molar-refractivity contribution is 6.32. The molecule has 1 aromatic carbocycles. The van der Waals surface area contributed by atoms with E-state index >= 15 is 0 Å². The number of carbonyl (C=O) groups excluding carboxylic acids is 1. The lowest BCUT2D eigenvalue weighted by Crippen LogP contribution is -2.43. The lowest BCUT2D eigenvalue weighted by atomic mass is 10.0. The number of halogens is 1. The molecule has 1 N–H and O–H groups in total. The minimum Gasteiger partial charge on any atom is -0.492 e. The van der Waals surface area contributed by atoms with Crippen LogP contribution in [0.15, 0.2) is 42.6 Å². The summed E-state index contributed by atoms with van der Waals surface area (Å²) in [6.07, 6.45) is 20.8. The van der Waals surface area contributed by atoms with Crippen molar-refractivity contribution in [3.05, 3.63) is 58.9 Å². The molecular formula is C32H50ClN2O2+. The third kappa shape index (κ3) is 12.3. The number of hydrogen-bond acceptors (Lipinski definition) is 2. The van der Waals surface area contributed by atoms with Crippen LogP contribution in [-0.4, -0.2) is 12.5 Å². The average Bonchev–Trinajstić information content (AvgIpc) is 2.91. The molecule has 0 aliphatic heterocycles. The number of benzene rings is 1. The van der Waals surface area contributed by atoms with Gasteiger partial charge in [0.05, 0.1) is 17.7 Å². The van der Waals surface area contributed by atoms with E-state index in [4.69, 9.17) is 16.3 Å². The van der Waals surface area contributed by atoms with Gasteiger partial charge in [0.15, 0.2) is 6.20 Å². The molecule has 1 atom stereocenters. The third-order valence-corrected chi connectivity index (χ3v) is 7.37. The number of unbranched alkanes of at least 4 members (excludes halogenated alkanes) is 13. The molecule has 2 rings (SSSR count). The molecule has 1 aromatic heterocycles. The van der Waals surface area contributed by atoms with Crippen LogP contribution < -0.4 is 14.6 Å². The fourth-order valence-electron chi connectivity index (χ4n) is 4.69. The monoisotopic (exact) mass is 529 g/mol. The van der Waals surface area contributed by atoms with Crippen LogP contribution in [0, 0.1) is 0 Å². The molecule has 0 fully saturated rings. The molecule has 0 aliphatic rings. The highest BCUT2D eigenvalue weighted by Gasteiger charge is 2.20. The molecule has 0 spiro atoms. The Hall–Kier alpha value is -2.07. The molecule has 0 saturated heterocycles. The zero-order chi connectivity index (χ0) is 26.7. The van der Waals surface area contributed by atoms with Crippen molar-refractivity contribution in [3.8, 4) is 5.75 Å². The number of pyridine rings is 1. The fraction of sp³-hybridized carbons (Fsp3) is 0.625. The summed E-state index contributed by atoms with van der Waals surface area (Å²) in [6, 6.07) is 11.3. The number of amides is 1. The standard InChI is InChI=1S/C32H49ClN2O2/c1-4-6-7-8-9-10-11-12-13-14-15-16-17-20-25-37-31-23-22-28(26-29(31)33)27(3)34-32(36)30-21-18-19-24-35(30)5-2/h18-19,21-24,26-27H,4-17,20,25H2,1-3H3/p+1. The summed E-state index contributed by atoms with van der Waals surface area (Å²) in [5.41, 5.74) is 1.61. The van der Waals surface area contributed by atoms with Gasteiger partial charge in [-0.25, -0.2) is 0 Å². The van der Waals surface area contributed by atoms with Crippen molar-refractivity contribution in [2.75, 3.05) is 6.61 Å². The second-order valence-electron chi connectivity index (χ2n) is 10.2.